The number of halogens is 2. The zero-order valence-electron chi connectivity index (χ0n) is 7.87. The Morgan fingerprint density at radius 3 is 2.21 bits per heavy atom. The maximum absolute atomic E-state index is 12.8. The third-order valence-corrected chi connectivity index (χ3v) is 2.10. The SMILES string of the molecule is CC[C@H](N)[C@@H](O)c1cc(F)cc(F)c1. The predicted molar refractivity (Wildman–Crippen MR) is 49.6 cm³/mol. The molecule has 0 saturated heterocycles. The fourth-order valence-corrected chi connectivity index (χ4v) is 1.22. The maximum atomic E-state index is 12.8. The first-order valence-corrected chi connectivity index (χ1v) is 4.44. The number of rotatable bonds is 3. The highest BCUT2D eigenvalue weighted by molar-refractivity contribution is 5.21. The second-order valence-corrected chi connectivity index (χ2v) is 3.22. The van der Waals surface area contributed by atoms with Crippen LogP contribution in [0.1, 0.15) is 25.0 Å². The Hall–Kier alpha value is -1.00. The van der Waals surface area contributed by atoms with Crippen molar-refractivity contribution in [1.82, 2.24) is 0 Å². The summed E-state index contributed by atoms with van der Waals surface area (Å²) in [6.07, 6.45) is -0.482. The van der Waals surface area contributed by atoms with Crippen molar-refractivity contribution in [3.05, 3.63) is 35.4 Å². The lowest BCUT2D eigenvalue weighted by Gasteiger charge is -2.17. The molecule has 78 valence electrons. The summed E-state index contributed by atoms with van der Waals surface area (Å²) in [5, 5.41) is 9.58. The van der Waals surface area contributed by atoms with Crippen molar-refractivity contribution >= 4 is 0 Å². The first-order valence-electron chi connectivity index (χ1n) is 4.44. The smallest absolute Gasteiger partial charge is 0.126 e. The molecule has 0 heterocycles. The molecule has 0 fully saturated rings. The van der Waals surface area contributed by atoms with Gasteiger partial charge in [0, 0.05) is 12.1 Å². The van der Waals surface area contributed by atoms with Crippen molar-refractivity contribution in [2.75, 3.05) is 0 Å². The highest BCUT2D eigenvalue weighted by Crippen LogP contribution is 2.19. The predicted octanol–water partition coefficient (Wildman–Crippen LogP) is 1.74. The summed E-state index contributed by atoms with van der Waals surface area (Å²) in [7, 11) is 0. The number of hydrogen-bond donors (Lipinski definition) is 2. The lowest BCUT2D eigenvalue weighted by atomic mass is 10.0. The quantitative estimate of drug-likeness (QED) is 0.782. The minimum Gasteiger partial charge on any atom is -0.387 e. The average Bonchev–Trinajstić information content (AvgIpc) is 2.14. The van der Waals surface area contributed by atoms with E-state index in [1.807, 2.05) is 0 Å². The molecule has 4 heteroatoms. The maximum Gasteiger partial charge on any atom is 0.126 e. The molecule has 0 unspecified atom stereocenters. The molecule has 0 bridgehead atoms. The van der Waals surface area contributed by atoms with Gasteiger partial charge in [-0.25, -0.2) is 8.78 Å². The van der Waals surface area contributed by atoms with E-state index in [2.05, 4.69) is 0 Å². The molecule has 0 saturated carbocycles. The van der Waals surface area contributed by atoms with Crippen molar-refractivity contribution in [2.45, 2.75) is 25.5 Å². The van der Waals surface area contributed by atoms with Gasteiger partial charge in [0.1, 0.15) is 11.6 Å². The number of aliphatic hydroxyl groups is 1. The van der Waals surface area contributed by atoms with Gasteiger partial charge in [-0.2, -0.15) is 0 Å². The molecule has 0 aliphatic heterocycles. The van der Waals surface area contributed by atoms with Crippen LogP contribution in [0.2, 0.25) is 0 Å². The van der Waals surface area contributed by atoms with Gasteiger partial charge in [-0.05, 0) is 24.1 Å². The van der Waals surface area contributed by atoms with Crippen molar-refractivity contribution < 1.29 is 13.9 Å². The Kier molecular flexibility index (Phi) is 3.55. The molecule has 0 spiro atoms. The Balaban J connectivity index is 2.94. The lowest BCUT2D eigenvalue weighted by Crippen LogP contribution is -2.27. The number of benzene rings is 1. The fraction of sp³-hybridized carbons (Fsp3) is 0.400. The van der Waals surface area contributed by atoms with E-state index in [0.717, 1.165) is 18.2 Å². The molecule has 0 amide bonds. The second kappa shape index (κ2) is 4.48. The average molecular weight is 201 g/mol. The Morgan fingerprint density at radius 1 is 1.29 bits per heavy atom. The molecule has 2 nitrogen and oxygen atoms in total. The Bertz CT molecular complexity index is 297. The van der Waals surface area contributed by atoms with Gasteiger partial charge in [0.05, 0.1) is 6.10 Å². The molecule has 2 atom stereocenters. The van der Waals surface area contributed by atoms with Gasteiger partial charge in [-0.15, -0.1) is 0 Å². The minimum absolute atomic E-state index is 0.178. The molecular weight excluding hydrogens is 188 g/mol. The number of aliphatic hydroxyl groups excluding tert-OH is 1. The Morgan fingerprint density at radius 2 is 1.79 bits per heavy atom. The number of nitrogens with two attached hydrogens (primary N) is 1. The van der Waals surface area contributed by atoms with Gasteiger partial charge in [0.2, 0.25) is 0 Å². The zero-order chi connectivity index (χ0) is 10.7. The van der Waals surface area contributed by atoms with E-state index in [9.17, 15) is 13.9 Å². The van der Waals surface area contributed by atoms with Crippen LogP contribution in [-0.4, -0.2) is 11.1 Å². The molecular formula is C10H13F2NO. The van der Waals surface area contributed by atoms with E-state index >= 15 is 0 Å². The van der Waals surface area contributed by atoms with Crippen LogP contribution in [0, 0.1) is 11.6 Å². The summed E-state index contributed by atoms with van der Waals surface area (Å²) < 4.78 is 25.5. The molecule has 1 aromatic carbocycles. The van der Waals surface area contributed by atoms with Crippen molar-refractivity contribution in [3.63, 3.8) is 0 Å². The van der Waals surface area contributed by atoms with Crippen LogP contribution in [-0.2, 0) is 0 Å². The van der Waals surface area contributed by atoms with Crippen molar-refractivity contribution in [2.24, 2.45) is 5.73 Å². The summed E-state index contributed by atoms with van der Waals surface area (Å²) in [6.45, 7) is 1.80. The number of hydrogen-bond acceptors (Lipinski definition) is 2. The molecule has 1 rings (SSSR count). The second-order valence-electron chi connectivity index (χ2n) is 3.22. The topological polar surface area (TPSA) is 46.2 Å². The summed E-state index contributed by atoms with van der Waals surface area (Å²) in [4.78, 5) is 0. The molecule has 14 heavy (non-hydrogen) atoms. The molecule has 1 aromatic rings. The first-order chi connectivity index (χ1) is 6.54. The van der Waals surface area contributed by atoms with E-state index in [1.165, 1.54) is 0 Å². The van der Waals surface area contributed by atoms with Gasteiger partial charge in [0.15, 0.2) is 0 Å². The van der Waals surface area contributed by atoms with Gasteiger partial charge in [0.25, 0.3) is 0 Å². The minimum atomic E-state index is -1.02. The lowest BCUT2D eigenvalue weighted by molar-refractivity contribution is 0.143. The van der Waals surface area contributed by atoms with E-state index < -0.39 is 23.8 Å². The Labute approximate surface area is 81.4 Å². The van der Waals surface area contributed by atoms with Crippen LogP contribution >= 0.6 is 0 Å². The summed E-state index contributed by atoms with van der Waals surface area (Å²) in [5.74, 6) is -1.41. The highest BCUT2D eigenvalue weighted by Gasteiger charge is 2.16. The van der Waals surface area contributed by atoms with E-state index in [1.54, 1.807) is 6.92 Å². The van der Waals surface area contributed by atoms with Gasteiger partial charge in [-0.3, -0.25) is 0 Å². The van der Waals surface area contributed by atoms with E-state index in [-0.39, 0.29) is 5.56 Å². The first kappa shape index (κ1) is 11.1. The van der Waals surface area contributed by atoms with Gasteiger partial charge in [-0.1, -0.05) is 6.92 Å². The molecule has 0 aliphatic rings. The molecule has 0 radical (unpaired) electrons. The molecule has 0 aliphatic carbocycles. The normalized spacial score (nSPS) is 15.2. The highest BCUT2D eigenvalue weighted by atomic mass is 19.1. The van der Waals surface area contributed by atoms with Crippen LogP contribution in [0.3, 0.4) is 0 Å². The van der Waals surface area contributed by atoms with E-state index in [0.29, 0.717) is 6.42 Å². The molecule has 0 aromatic heterocycles. The van der Waals surface area contributed by atoms with Gasteiger partial charge >= 0.3 is 0 Å². The van der Waals surface area contributed by atoms with Crippen LogP contribution in [0.5, 0.6) is 0 Å². The summed E-state index contributed by atoms with van der Waals surface area (Å²) in [6, 6.07) is 2.43. The van der Waals surface area contributed by atoms with Crippen molar-refractivity contribution in [3.8, 4) is 0 Å². The van der Waals surface area contributed by atoms with Gasteiger partial charge < -0.3 is 10.8 Å². The van der Waals surface area contributed by atoms with Crippen LogP contribution < -0.4 is 5.73 Å². The third-order valence-electron chi connectivity index (χ3n) is 2.10. The van der Waals surface area contributed by atoms with E-state index in [4.69, 9.17) is 5.73 Å². The zero-order valence-corrected chi connectivity index (χ0v) is 7.87. The fourth-order valence-electron chi connectivity index (χ4n) is 1.22. The van der Waals surface area contributed by atoms with Crippen LogP contribution in [0.25, 0.3) is 0 Å². The molecule has 3 N–H and O–H groups in total. The summed E-state index contributed by atoms with van der Waals surface area (Å²) >= 11 is 0. The summed E-state index contributed by atoms with van der Waals surface area (Å²) in [5.41, 5.74) is 5.73. The standard InChI is InChI=1S/C10H13F2NO/c1-2-9(13)10(14)6-3-7(11)5-8(12)4-6/h3-5,9-10,14H,2,13H2,1H3/t9-,10-/m0/s1. The van der Waals surface area contributed by atoms with Crippen LogP contribution in [0.15, 0.2) is 18.2 Å². The largest absolute Gasteiger partial charge is 0.387 e. The monoisotopic (exact) mass is 201 g/mol. The van der Waals surface area contributed by atoms with Crippen LogP contribution in [0.4, 0.5) is 8.78 Å². The third kappa shape index (κ3) is 2.49. The van der Waals surface area contributed by atoms with Crippen molar-refractivity contribution in [1.29, 1.82) is 0 Å².